The third kappa shape index (κ3) is 4.54. The molecule has 0 saturated carbocycles. The summed E-state index contributed by atoms with van der Waals surface area (Å²) in [5.41, 5.74) is 1.40. The molecule has 0 amide bonds. The average molecular weight is 250 g/mol. The third-order valence-electron chi connectivity index (χ3n) is 2.74. The van der Waals surface area contributed by atoms with Crippen LogP contribution < -0.4 is 0 Å². The minimum Gasteiger partial charge on any atom is -0.300 e. The van der Waals surface area contributed by atoms with Crippen LogP contribution in [0.2, 0.25) is 0 Å². The maximum atomic E-state index is 11.1. The van der Waals surface area contributed by atoms with E-state index in [9.17, 15) is 4.79 Å². The van der Waals surface area contributed by atoms with Crippen LogP contribution >= 0.6 is 23.2 Å². The van der Waals surface area contributed by atoms with Gasteiger partial charge in [0.05, 0.1) is 0 Å². The van der Waals surface area contributed by atoms with Gasteiger partial charge in [0.15, 0.2) is 0 Å². The lowest BCUT2D eigenvalue weighted by Gasteiger charge is -2.35. The zero-order chi connectivity index (χ0) is 11.3. The first-order chi connectivity index (χ1) is 7.13. The standard InChI is InChI=1S/C11H17Cl2NO/c1-9(15)6-11-4-2-3-5-14(11)8-10(13)7-12/h7,11H,2-6,8H2,1H3. The Bertz CT molecular complexity index is 253. The molecule has 0 aromatic rings. The van der Waals surface area contributed by atoms with Gasteiger partial charge in [0.25, 0.3) is 0 Å². The van der Waals surface area contributed by atoms with Gasteiger partial charge in [-0.2, -0.15) is 0 Å². The lowest BCUT2D eigenvalue weighted by molar-refractivity contribution is -0.118. The molecular formula is C11H17Cl2NO. The van der Waals surface area contributed by atoms with Crippen LogP contribution in [0.1, 0.15) is 32.6 Å². The summed E-state index contributed by atoms with van der Waals surface area (Å²) < 4.78 is 0. The van der Waals surface area contributed by atoms with E-state index >= 15 is 0 Å². The van der Waals surface area contributed by atoms with E-state index in [0.29, 0.717) is 24.0 Å². The van der Waals surface area contributed by atoms with Gasteiger partial charge in [-0.05, 0) is 26.3 Å². The maximum absolute atomic E-state index is 11.1. The molecule has 1 aliphatic heterocycles. The first-order valence-electron chi connectivity index (χ1n) is 5.31. The minimum absolute atomic E-state index is 0.248. The lowest BCUT2D eigenvalue weighted by atomic mass is 9.98. The molecule has 0 aromatic heterocycles. The van der Waals surface area contributed by atoms with Gasteiger partial charge >= 0.3 is 0 Å². The van der Waals surface area contributed by atoms with Crippen molar-refractivity contribution in [2.75, 3.05) is 13.1 Å². The van der Waals surface area contributed by atoms with Crippen LogP contribution in [0.25, 0.3) is 0 Å². The van der Waals surface area contributed by atoms with E-state index in [0.717, 1.165) is 13.0 Å². The Kier molecular flexibility index (Phi) is 5.65. The zero-order valence-electron chi connectivity index (χ0n) is 9.01. The number of carbonyl (C=O) groups is 1. The molecule has 2 nitrogen and oxygen atoms in total. The minimum atomic E-state index is 0.248. The van der Waals surface area contributed by atoms with Crippen LogP contribution in [-0.2, 0) is 4.79 Å². The lowest BCUT2D eigenvalue weighted by Crippen LogP contribution is -2.41. The molecule has 0 radical (unpaired) electrons. The van der Waals surface area contributed by atoms with Gasteiger partial charge in [0, 0.05) is 29.6 Å². The molecule has 0 aromatic carbocycles. The molecule has 1 unspecified atom stereocenters. The Hall–Kier alpha value is -0.0500. The highest BCUT2D eigenvalue weighted by molar-refractivity contribution is 6.36. The van der Waals surface area contributed by atoms with Crippen LogP contribution in [0.15, 0.2) is 10.6 Å². The average Bonchev–Trinajstić information content (AvgIpc) is 2.20. The first-order valence-corrected chi connectivity index (χ1v) is 6.13. The van der Waals surface area contributed by atoms with Crippen molar-refractivity contribution in [3.05, 3.63) is 10.6 Å². The van der Waals surface area contributed by atoms with Crippen LogP contribution in [0.5, 0.6) is 0 Å². The monoisotopic (exact) mass is 249 g/mol. The highest BCUT2D eigenvalue weighted by atomic mass is 35.5. The van der Waals surface area contributed by atoms with Crippen molar-refractivity contribution in [3.8, 4) is 0 Å². The zero-order valence-corrected chi connectivity index (χ0v) is 10.5. The second-order valence-corrected chi connectivity index (χ2v) is 4.79. The Morgan fingerprint density at radius 1 is 1.53 bits per heavy atom. The number of ketones is 1. The maximum Gasteiger partial charge on any atom is 0.131 e. The summed E-state index contributed by atoms with van der Waals surface area (Å²) in [5, 5.41) is 0.645. The van der Waals surface area contributed by atoms with Gasteiger partial charge < -0.3 is 0 Å². The molecule has 0 bridgehead atoms. The second-order valence-electron chi connectivity index (χ2n) is 4.08. The van der Waals surface area contributed by atoms with Gasteiger partial charge in [-0.15, -0.1) is 0 Å². The Labute approximate surface area is 101 Å². The SMILES string of the molecule is CC(=O)CC1CCCCN1CC(Cl)=CCl. The number of hydrogen-bond acceptors (Lipinski definition) is 2. The molecule has 1 aliphatic rings. The summed E-state index contributed by atoms with van der Waals surface area (Å²) in [6, 6.07) is 0.349. The van der Waals surface area contributed by atoms with Crippen LogP contribution in [0.4, 0.5) is 0 Å². The molecule has 1 heterocycles. The second kappa shape index (κ2) is 6.51. The third-order valence-corrected chi connectivity index (χ3v) is 3.35. The van der Waals surface area contributed by atoms with Crippen molar-refractivity contribution < 1.29 is 4.79 Å². The topological polar surface area (TPSA) is 20.3 Å². The molecule has 1 fully saturated rings. The van der Waals surface area contributed by atoms with Crippen molar-refractivity contribution in [1.82, 2.24) is 4.90 Å². The summed E-state index contributed by atoms with van der Waals surface area (Å²) >= 11 is 11.4. The normalized spacial score (nSPS) is 24.2. The van der Waals surface area contributed by atoms with E-state index in [4.69, 9.17) is 23.2 Å². The van der Waals surface area contributed by atoms with E-state index in [1.807, 2.05) is 0 Å². The molecule has 1 saturated heterocycles. The van der Waals surface area contributed by atoms with Gasteiger partial charge in [-0.25, -0.2) is 0 Å². The summed E-state index contributed by atoms with van der Waals surface area (Å²) in [6.45, 7) is 3.33. The molecule has 4 heteroatoms. The summed E-state index contributed by atoms with van der Waals surface area (Å²) in [7, 11) is 0. The molecular weight excluding hydrogens is 233 g/mol. The molecule has 0 aliphatic carbocycles. The predicted molar refractivity (Wildman–Crippen MR) is 64.3 cm³/mol. The first kappa shape index (κ1) is 13.0. The Morgan fingerprint density at radius 2 is 2.27 bits per heavy atom. The van der Waals surface area contributed by atoms with Crippen molar-refractivity contribution in [2.24, 2.45) is 0 Å². The fourth-order valence-electron chi connectivity index (χ4n) is 2.06. The molecule has 86 valence electrons. The number of rotatable bonds is 4. The Balaban J connectivity index is 2.53. The van der Waals surface area contributed by atoms with Crippen molar-refractivity contribution in [3.63, 3.8) is 0 Å². The molecule has 0 N–H and O–H groups in total. The highest BCUT2D eigenvalue weighted by Crippen LogP contribution is 2.22. The number of piperidine rings is 1. The van der Waals surface area contributed by atoms with Gasteiger partial charge in [0.2, 0.25) is 0 Å². The molecule has 1 rings (SSSR count). The Morgan fingerprint density at radius 3 is 2.87 bits per heavy atom. The largest absolute Gasteiger partial charge is 0.300 e. The summed E-state index contributed by atoms with van der Waals surface area (Å²) in [4.78, 5) is 13.4. The smallest absolute Gasteiger partial charge is 0.131 e. The summed E-state index contributed by atoms with van der Waals surface area (Å²) in [6.07, 6.45) is 4.11. The number of nitrogens with zero attached hydrogens (tertiary/aromatic N) is 1. The van der Waals surface area contributed by atoms with E-state index in [1.165, 1.54) is 18.4 Å². The van der Waals surface area contributed by atoms with E-state index in [2.05, 4.69) is 4.90 Å². The molecule has 0 spiro atoms. The highest BCUT2D eigenvalue weighted by Gasteiger charge is 2.23. The number of Topliss-reactive ketones (excluding diaryl/α,β-unsaturated/α-hetero) is 1. The van der Waals surface area contributed by atoms with Gasteiger partial charge in [0.1, 0.15) is 5.78 Å². The van der Waals surface area contributed by atoms with E-state index in [-0.39, 0.29) is 5.78 Å². The quantitative estimate of drug-likeness (QED) is 0.763. The number of hydrogen-bond donors (Lipinski definition) is 0. The number of halogens is 2. The molecule has 15 heavy (non-hydrogen) atoms. The van der Waals surface area contributed by atoms with Crippen molar-refractivity contribution >= 4 is 29.0 Å². The van der Waals surface area contributed by atoms with Crippen LogP contribution in [0.3, 0.4) is 0 Å². The fraction of sp³-hybridized carbons (Fsp3) is 0.727. The van der Waals surface area contributed by atoms with Gasteiger partial charge in [-0.3, -0.25) is 9.69 Å². The number of likely N-dealkylation sites (tertiary alicyclic amines) is 1. The van der Waals surface area contributed by atoms with Gasteiger partial charge in [-0.1, -0.05) is 29.6 Å². The van der Waals surface area contributed by atoms with Crippen LogP contribution in [-0.4, -0.2) is 29.8 Å². The number of carbonyl (C=O) groups excluding carboxylic acids is 1. The fourth-order valence-corrected chi connectivity index (χ4v) is 2.28. The van der Waals surface area contributed by atoms with E-state index in [1.54, 1.807) is 6.92 Å². The summed E-state index contributed by atoms with van der Waals surface area (Å²) in [5.74, 6) is 0.248. The molecule has 1 atom stereocenters. The van der Waals surface area contributed by atoms with Crippen molar-refractivity contribution in [1.29, 1.82) is 0 Å². The predicted octanol–water partition coefficient (Wildman–Crippen LogP) is 3.14. The van der Waals surface area contributed by atoms with Crippen molar-refractivity contribution in [2.45, 2.75) is 38.6 Å². The van der Waals surface area contributed by atoms with Crippen LogP contribution in [0, 0.1) is 0 Å². The van der Waals surface area contributed by atoms with E-state index < -0.39 is 0 Å².